The highest BCUT2D eigenvalue weighted by atomic mass is 19.4. The van der Waals surface area contributed by atoms with Crippen molar-refractivity contribution in [3.8, 4) is 0 Å². The highest BCUT2D eigenvalue weighted by Crippen LogP contribution is 2.30. The molecule has 2 aromatic heterocycles. The summed E-state index contributed by atoms with van der Waals surface area (Å²) in [7, 11) is 1.33. The van der Waals surface area contributed by atoms with Crippen LogP contribution in [0.5, 0.6) is 0 Å². The first-order valence-electron chi connectivity index (χ1n) is 7.25. The zero-order valence-corrected chi connectivity index (χ0v) is 13.4. The van der Waals surface area contributed by atoms with E-state index in [1.54, 1.807) is 0 Å². The Morgan fingerprint density at radius 3 is 1.92 bits per heavy atom. The smallest absolute Gasteiger partial charge is 0.380 e. The van der Waals surface area contributed by atoms with Crippen molar-refractivity contribution < 1.29 is 31.1 Å². The van der Waals surface area contributed by atoms with Crippen molar-refractivity contribution in [2.45, 2.75) is 31.8 Å². The van der Waals surface area contributed by atoms with Gasteiger partial charge < -0.3 is 10.5 Å². The minimum Gasteiger partial charge on any atom is -0.380 e. The topological polar surface area (TPSA) is 73.9 Å². The molecule has 0 bridgehead atoms. The molecule has 0 unspecified atom stereocenters. The molecular formula is C15H14F6N4O. The minimum atomic E-state index is -4.70. The van der Waals surface area contributed by atoms with Gasteiger partial charge in [-0.2, -0.15) is 26.3 Å². The lowest BCUT2D eigenvalue weighted by molar-refractivity contribution is -0.142. The van der Waals surface area contributed by atoms with Gasteiger partial charge in [-0.15, -0.1) is 0 Å². The first-order valence-corrected chi connectivity index (χ1v) is 7.25. The predicted molar refractivity (Wildman–Crippen MR) is 78.8 cm³/mol. The first kappa shape index (κ1) is 19.9. The number of aryl methyl sites for hydroxylation is 2. The van der Waals surface area contributed by atoms with Crippen LogP contribution >= 0.6 is 0 Å². The Balaban J connectivity index is 2.26. The van der Waals surface area contributed by atoms with Crippen LogP contribution in [0.2, 0.25) is 0 Å². The van der Waals surface area contributed by atoms with Gasteiger partial charge in [-0.25, -0.2) is 15.0 Å². The lowest BCUT2D eigenvalue weighted by atomic mass is 10.1. The Labute approximate surface area is 144 Å². The van der Waals surface area contributed by atoms with Gasteiger partial charge >= 0.3 is 12.4 Å². The Kier molecular flexibility index (Phi) is 5.69. The van der Waals surface area contributed by atoms with Crippen LogP contribution in [0.4, 0.5) is 32.3 Å². The van der Waals surface area contributed by atoms with Crippen LogP contribution in [0, 0.1) is 0 Å². The van der Waals surface area contributed by atoms with Gasteiger partial charge in [0, 0.05) is 18.5 Å². The van der Waals surface area contributed by atoms with Crippen molar-refractivity contribution in [1.29, 1.82) is 0 Å². The summed E-state index contributed by atoms with van der Waals surface area (Å²) in [4.78, 5) is 10.3. The molecule has 0 saturated heterocycles. The molecule has 2 aromatic rings. The predicted octanol–water partition coefficient (Wildman–Crippen LogP) is 3.42. The number of aromatic nitrogens is 3. The number of halogens is 6. The minimum absolute atomic E-state index is 0.0441. The lowest BCUT2D eigenvalue weighted by Crippen LogP contribution is -2.13. The fourth-order valence-corrected chi connectivity index (χ4v) is 2.22. The molecule has 2 rings (SSSR count). The van der Waals surface area contributed by atoms with Crippen molar-refractivity contribution in [1.82, 2.24) is 15.0 Å². The third-order valence-electron chi connectivity index (χ3n) is 3.26. The molecule has 0 radical (unpaired) electrons. The molecule has 0 atom stereocenters. The van der Waals surface area contributed by atoms with Crippen LogP contribution in [0.3, 0.4) is 0 Å². The van der Waals surface area contributed by atoms with E-state index in [1.807, 2.05) is 0 Å². The maximum atomic E-state index is 12.9. The Hall–Kier alpha value is -2.43. The molecule has 11 heteroatoms. The van der Waals surface area contributed by atoms with Crippen molar-refractivity contribution >= 4 is 5.95 Å². The number of hydrogen-bond acceptors (Lipinski definition) is 5. The summed E-state index contributed by atoms with van der Waals surface area (Å²) in [5, 5.41) is 0. The molecule has 0 spiro atoms. The molecule has 2 heterocycles. The fraction of sp³-hybridized carbons (Fsp3) is 0.400. The van der Waals surface area contributed by atoms with Crippen molar-refractivity contribution in [3.63, 3.8) is 0 Å². The fourth-order valence-electron chi connectivity index (χ4n) is 2.22. The maximum Gasteiger partial charge on any atom is 0.433 e. The van der Waals surface area contributed by atoms with Crippen molar-refractivity contribution in [3.05, 3.63) is 46.5 Å². The number of nitrogens with two attached hydrogens (primary N) is 1. The molecule has 5 nitrogen and oxygen atoms in total. The van der Waals surface area contributed by atoms with Crippen LogP contribution in [-0.2, 0) is 36.5 Å². The zero-order chi connectivity index (χ0) is 19.5. The van der Waals surface area contributed by atoms with Gasteiger partial charge in [-0.1, -0.05) is 0 Å². The van der Waals surface area contributed by atoms with Gasteiger partial charge in [0.2, 0.25) is 5.95 Å². The van der Waals surface area contributed by atoms with Crippen LogP contribution in [0.15, 0.2) is 18.2 Å². The second kappa shape index (κ2) is 7.44. The molecule has 0 aliphatic rings. The van der Waals surface area contributed by atoms with Crippen LogP contribution in [0.1, 0.15) is 28.3 Å². The average molecular weight is 380 g/mol. The summed E-state index contributed by atoms with van der Waals surface area (Å²) in [5.74, 6) is -0.563. The van der Waals surface area contributed by atoms with Crippen LogP contribution in [-0.4, -0.2) is 22.1 Å². The summed E-state index contributed by atoms with van der Waals surface area (Å²) in [5.41, 5.74) is 3.22. The van der Waals surface area contributed by atoms with Crippen LogP contribution in [0.25, 0.3) is 0 Å². The molecule has 0 amide bonds. The molecule has 0 fully saturated rings. The van der Waals surface area contributed by atoms with E-state index in [0.29, 0.717) is 6.07 Å². The summed E-state index contributed by atoms with van der Waals surface area (Å²) in [6.07, 6.45) is -9.50. The second-order valence-electron chi connectivity index (χ2n) is 5.38. The number of pyridine rings is 1. The van der Waals surface area contributed by atoms with Gasteiger partial charge in [0.1, 0.15) is 11.4 Å². The van der Waals surface area contributed by atoms with Crippen molar-refractivity contribution in [2.24, 2.45) is 0 Å². The lowest BCUT2D eigenvalue weighted by Gasteiger charge is -2.12. The third kappa shape index (κ3) is 5.28. The van der Waals surface area contributed by atoms with E-state index in [1.165, 1.54) is 13.2 Å². The number of nitrogen functional groups attached to an aromatic ring is 1. The highest BCUT2D eigenvalue weighted by Gasteiger charge is 2.34. The number of ether oxygens (including phenoxy) is 1. The largest absolute Gasteiger partial charge is 0.433 e. The maximum absolute atomic E-state index is 12.9. The van der Waals surface area contributed by atoms with Gasteiger partial charge in [-0.05, 0) is 36.6 Å². The monoisotopic (exact) mass is 380 g/mol. The van der Waals surface area contributed by atoms with Crippen molar-refractivity contribution in [2.75, 3.05) is 12.8 Å². The molecule has 0 aliphatic heterocycles. The van der Waals surface area contributed by atoms with E-state index in [4.69, 9.17) is 10.5 Å². The Bertz CT molecular complexity index is 776. The van der Waals surface area contributed by atoms with E-state index in [2.05, 4.69) is 15.0 Å². The molecular weight excluding hydrogens is 366 g/mol. The van der Waals surface area contributed by atoms with Gasteiger partial charge in [0.05, 0.1) is 6.61 Å². The van der Waals surface area contributed by atoms with E-state index in [-0.39, 0.29) is 36.4 Å². The van der Waals surface area contributed by atoms with E-state index < -0.39 is 29.7 Å². The Morgan fingerprint density at radius 2 is 1.38 bits per heavy atom. The Morgan fingerprint density at radius 1 is 0.846 bits per heavy atom. The third-order valence-corrected chi connectivity index (χ3v) is 3.26. The van der Waals surface area contributed by atoms with Gasteiger partial charge in [0.25, 0.3) is 0 Å². The standard InChI is InChI=1S/C15H14F6N4O/c1-26-7-8-4-9(23-11(5-8)14(16,17)18)2-3-10-6-12(15(19,20)21)25-13(22)24-10/h4-6H,2-3,7H2,1H3,(H2,22,24,25). The van der Waals surface area contributed by atoms with Crippen LogP contribution < -0.4 is 5.73 Å². The summed E-state index contributed by atoms with van der Waals surface area (Å²) in [6.45, 7) is -0.0583. The number of nitrogens with zero attached hydrogens (tertiary/aromatic N) is 3. The number of anilines is 1. The molecule has 0 aromatic carbocycles. The summed E-state index contributed by atoms with van der Waals surface area (Å²) >= 11 is 0. The average Bonchev–Trinajstić information content (AvgIpc) is 2.51. The van der Waals surface area contributed by atoms with E-state index in [9.17, 15) is 26.3 Å². The molecule has 26 heavy (non-hydrogen) atoms. The number of alkyl halides is 6. The molecule has 0 aliphatic carbocycles. The van der Waals surface area contributed by atoms with Gasteiger partial charge in [0.15, 0.2) is 0 Å². The molecule has 142 valence electrons. The molecule has 2 N–H and O–H groups in total. The molecule has 0 saturated carbocycles. The number of methoxy groups -OCH3 is 1. The quantitative estimate of drug-likeness (QED) is 0.805. The zero-order valence-electron chi connectivity index (χ0n) is 13.4. The van der Waals surface area contributed by atoms with E-state index in [0.717, 1.165) is 6.07 Å². The normalized spacial score (nSPS) is 12.4. The first-order chi connectivity index (χ1) is 12.0. The van der Waals surface area contributed by atoms with Gasteiger partial charge in [-0.3, -0.25) is 0 Å². The SMILES string of the molecule is COCc1cc(CCc2cc(C(F)(F)F)nc(N)n2)nc(C(F)(F)F)c1. The highest BCUT2D eigenvalue weighted by molar-refractivity contribution is 5.26. The summed E-state index contributed by atoms with van der Waals surface area (Å²) in [6, 6.07) is 2.96. The number of hydrogen-bond donors (Lipinski definition) is 1. The summed E-state index contributed by atoms with van der Waals surface area (Å²) < 4.78 is 81.8. The second-order valence-corrected chi connectivity index (χ2v) is 5.38. The van der Waals surface area contributed by atoms with E-state index >= 15 is 0 Å². The number of rotatable bonds is 5.